The summed E-state index contributed by atoms with van der Waals surface area (Å²) in [6.45, 7) is 10.2. The van der Waals surface area contributed by atoms with Crippen LogP contribution < -0.4 is 5.32 Å². The second kappa shape index (κ2) is 8.30. The van der Waals surface area contributed by atoms with Gasteiger partial charge in [-0.05, 0) is 32.1 Å². The first kappa shape index (κ1) is 19.9. The zero-order valence-electron chi connectivity index (χ0n) is 16.1. The van der Waals surface area contributed by atoms with Crippen molar-refractivity contribution < 1.29 is 9.59 Å². The predicted octanol–water partition coefficient (Wildman–Crippen LogP) is 4.30. The molecule has 1 saturated carbocycles. The third-order valence-electron chi connectivity index (χ3n) is 4.61. The van der Waals surface area contributed by atoms with E-state index in [2.05, 4.69) is 31.1 Å². The minimum absolute atomic E-state index is 0.0794. The van der Waals surface area contributed by atoms with Crippen LogP contribution in [0.4, 0.5) is 5.13 Å². The zero-order chi connectivity index (χ0) is 18.6. The lowest BCUT2D eigenvalue weighted by atomic mass is 9.89. The third kappa shape index (κ3) is 6.10. The van der Waals surface area contributed by atoms with Crippen LogP contribution in [0.2, 0.25) is 0 Å². The van der Waals surface area contributed by atoms with E-state index in [0.717, 1.165) is 36.3 Å². The maximum atomic E-state index is 12.8. The van der Waals surface area contributed by atoms with E-state index in [1.165, 1.54) is 17.8 Å². The molecule has 1 fully saturated rings. The van der Waals surface area contributed by atoms with Crippen molar-refractivity contribution in [3.63, 3.8) is 0 Å². The molecule has 0 bridgehead atoms. The first-order valence-electron chi connectivity index (χ1n) is 9.19. The van der Waals surface area contributed by atoms with Gasteiger partial charge in [0, 0.05) is 17.3 Å². The SMILES string of the molecule is Cc1nc(NC(=O)CN(C(=O)CC(C)(C)C)C2CCCCC2)sc1C. The minimum Gasteiger partial charge on any atom is -0.330 e. The highest BCUT2D eigenvalue weighted by atomic mass is 32.1. The summed E-state index contributed by atoms with van der Waals surface area (Å²) in [7, 11) is 0. The Morgan fingerprint density at radius 2 is 1.84 bits per heavy atom. The molecule has 0 aromatic carbocycles. The standard InChI is InChI=1S/C19H31N3O2S/c1-13-14(2)25-18(20-13)21-16(23)12-22(15-9-7-6-8-10-15)17(24)11-19(3,4)5/h15H,6-12H2,1-5H3,(H,20,21,23). The minimum atomic E-state index is -0.151. The highest BCUT2D eigenvalue weighted by Gasteiger charge is 2.29. The van der Waals surface area contributed by atoms with Gasteiger partial charge < -0.3 is 10.2 Å². The van der Waals surface area contributed by atoms with E-state index in [1.54, 1.807) is 0 Å². The molecule has 0 saturated heterocycles. The Morgan fingerprint density at radius 3 is 2.36 bits per heavy atom. The largest absolute Gasteiger partial charge is 0.330 e. The van der Waals surface area contributed by atoms with Crippen molar-refractivity contribution in [2.45, 2.75) is 79.2 Å². The number of aromatic nitrogens is 1. The van der Waals surface area contributed by atoms with E-state index in [9.17, 15) is 9.59 Å². The Hall–Kier alpha value is -1.43. The predicted molar refractivity (Wildman–Crippen MR) is 103 cm³/mol. The molecule has 1 aliphatic carbocycles. The van der Waals surface area contributed by atoms with E-state index in [1.807, 2.05) is 18.7 Å². The molecule has 2 amide bonds. The van der Waals surface area contributed by atoms with Crippen LogP contribution in [0.1, 0.15) is 69.9 Å². The second-order valence-electron chi connectivity index (χ2n) is 8.26. The smallest absolute Gasteiger partial charge is 0.245 e. The van der Waals surface area contributed by atoms with Crippen molar-refractivity contribution >= 4 is 28.3 Å². The van der Waals surface area contributed by atoms with Gasteiger partial charge >= 0.3 is 0 Å². The summed E-state index contributed by atoms with van der Waals surface area (Å²) in [6, 6.07) is 0.189. The van der Waals surface area contributed by atoms with Gasteiger partial charge in [-0.3, -0.25) is 9.59 Å². The number of amides is 2. The Labute approximate surface area is 155 Å². The molecule has 5 nitrogen and oxygen atoms in total. The topological polar surface area (TPSA) is 62.3 Å². The van der Waals surface area contributed by atoms with Gasteiger partial charge in [0.15, 0.2) is 5.13 Å². The van der Waals surface area contributed by atoms with Crippen LogP contribution in [0.15, 0.2) is 0 Å². The summed E-state index contributed by atoms with van der Waals surface area (Å²) >= 11 is 1.48. The van der Waals surface area contributed by atoms with Crippen LogP contribution >= 0.6 is 11.3 Å². The van der Waals surface area contributed by atoms with Crippen molar-refractivity contribution in [1.82, 2.24) is 9.88 Å². The van der Waals surface area contributed by atoms with Crippen LogP contribution in [0.3, 0.4) is 0 Å². The number of carbonyl (C=O) groups is 2. The molecule has 1 heterocycles. The summed E-state index contributed by atoms with van der Waals surface area (Å²) in [6.07, 6.45) is 5.96. The highest BCUT2D eigenvalue weighted by Crippen LogP contribution is 2.27. The molecule has 1 aromatic rings. The van der Waals surface area contributed by atoms with Gasteiger partial charge in [0.25, 0.3) is 0 Å². The van der Waals surface area contributed by atoms with E-state index < -0.39 is 0 Å². The number of anilines is 1. The van der Waals surface area contributed by atoms with Gasteiger partial charge in [-0.2, -0.15) is 0 Å². The Morgan fingerprint density at radius 1 is 1.20 bits per heavy atom. The summed E-state index contributed by atoms with van der Waals surface area (Å²) < 4.78 is 0. The number of hydrogen-bond acceptors (Lipinski definition) is 4. The molecule has 0 spiro atoms. The molecule has 6 heteroatoms. The lowest BCUT2D eigenvalue weighted by Gasteiger charge is -2.35. The van der Waals surface area contributed by atoms with E-state index in [0.29, 0.717) is 11.6 Å². The summed E-state index contributed by atoms with van der Waals surface area (Å²) in [4.78, 5) is 32.6. The molecule has 1 aromatic heterocycles. The van der Waals surface area contributed by atoms with Gasteiger partial charge in [-0.15, -0.1) is 11.3 Å². The number of nitrogens with zero attached hydrogens (tertiary/aromatic N) is 2. The Bertz CT molecular complexity index is 593. The normalized spacial score (nSPS) is 15.9. The molecule has 2 rings (SSSR count). The fraction of sp³-hybridized carbons (Fsp3) is 0.737. The van der Waals surface area contributed by atoms with E-state index >= 15 is 0 Å². The van der Waals surface area contributed by atoms with Crippen molar-refractivity contribution in [2.24, 2.45) is 5.41 Å². The molecular formula is C19H31N3O2S. The molecule has 25 heavy (non-hydrogen) atoms. The molecule has 0 aliphatic heterocycles. The van der Waals surface area contributed by atoms with Crippen molar-refractivity contribution in [3.8, 4) is 0 Å². The average Bonchev–Trinajstić information content (AvgIpc) is 2.81. The summed E-state index contributed by atoms with van der Waals surface area (Å²) in [5, 5.41) is 3.48. The molecule has 0 radical (unpaired) electrons. The second-order valence-corrected chi connectivity index (χ2v) is 9.46. The van der Waals surface area contributed by atoms with E-state index in [-0.39, 0.29) is 29.8 Å². The molecular weight excluding hydrogens is 334 g/mol. The van der Waals surface area contributed by atoms with E-state index in [4.69, 9.17) is 0 Å². The van der Waals surface area contributed by atoms with Crippen molar-refractivity contribution in [3.05, 3.63) is 10.6 Å². The van der Waals surface area contributed by atoms with Crippen molar-refractivity contribution in [1.29, 1.82) is 0 Å². The molecule has 1 aliphatic rings. The maximum absolute atomic E-state index is 12.8. The van der Waals surface area contributed by atoms with Crippen LogP contribution in [0.5, 0.6) is 0 Å². The number of hydrogen-bond donors (Lipinski definition) is 1. The lowest BCUT2D eigenvalue weighted by molar-refractivity contribution is -0.139. The third-order valence-corrected chi connectivity index (χ3v) is 5.59. The lowest BCUT2D eigenvalue weighted by Crippen LogP contribution is -2.46. The Balaban J connectivity index is 2.05. The molecule has 140 valence electrons. The van der Waals surface area contributed by atoms with Crippen molar-refractivity contribution in [2.75, 3.05) is 11.9 Å². The molecule has 1 N–H and O–H groups in total. The van der Waals surface area contributed by atoms with Gasteiger partial charge in [0.2, 0.25) is 11.8 Å². The van der Waals surface area contributed by atoms with Gasteiger partial charge in [-0.1, -0.05) is 40.0 Å². The zero-order valence-corrected chi connectivity index (χ0v) is 17.0. The summed E-state index contributed by atoms with van der Waals surface area (Å²) in [5.74, 6) is -0.0670. The number of rotatable bonds is 5. The van der Waals surface area contributed by atoms with Gasteiger partial charge in [0.1, 0.15) is 6.54 Å². The number of nitrogens with one attached hydrogen (secondary N) is 1. The van der Waals surface area contributed by atoms with Crippen LogP contribution in [0.25, 0.3) is 0 Å². The summed E-state index contributed by atoms with van der Waals surface area (Å²) in [5.41, 5.74) is 0.859. The average molecular weight is 366 g/mol. The quantitative estimate of drug-likeness (QED) is 0.846. The fourth-order valence-electron chi connectivity index (χ4n) is 3.21. The molecule has 0 atom stereocenters. The van der Waals surface area contributed by atoms with Crippen LogP contribution in [-0.2, 0) is 9.59 Å². The van der Waals surface area contributed by atoms with Gasteiger partial charge in [-0.25, -0.2) is 4.98 Å². The number of thiazole rings is 1. The first-order valence-corrected chi connectivity index (χ1v) is 10.0. The molecule has 0 unspecified atom stereocenters. The first-order chi connectivity index (χ1) is 11.7. The highest BCUT2D eigenvalue weighted by molar-refractivity contribution is 7.15. The number of carbonyl (C=O) groups excluding carboxylic acids is 2. The van der Waals surface area contributed by atoms with Gasteiger partial charge in [0.05, 0.1) is 5.69 Å². The number of aryl methyl sites for hydroxylation is 2. The maximum Gasteiger partial charge on any atom is 0.245 e. The van der Waals surface area contributed by atoms with Crippen LogP contribution in [-0.4, -0.2) is 34.3 Å². The van der Waals surface area contributed by atoms with Crippen LogP contribution in [0, 0.1) is 19.3 Å². The monoisotopic (exact) mass is 365 g/mol. The fourth-order valence-corrected chi connectivity index (χ4v) is 4.04. The Kier molecular flexibility index (Phi) is 6.60.